The van der Waals surface area contributed by atoms with E-state index in [0.29, 0.717) is 6.42 Å². The number of aliphatic carboxylic acids is 1. The van der Waals surface area contributed by atoms with E-state index in [1.165, 1.54) is 7.11 Å². The Balaban J connectivity index is 1.61. The first kappa shape index (κ1) is 26.2. The third-order valence-corrected chi connectivity index (χ3v) is 6.43. The highest BCUT2D eigenvalue weighted by Crippen LogP contribution is 2.44. The van der Waals surface area contributed by atoms with Gasteiger partial charge in [-0.2, -0.15) is 0 Å². The van der Waals surface area contributed by atoms with Gasteiger partial charge in [-0.1, -0.05) is 68.3 Å². The van der Waals surface area contributed by atoms with E-state index in [2.05, 4.69) is 34.9 Å². The summed E-state index contributed by atoms with van der Waals surface area (Å²) in [6.45, 7) is 3.77. The Labute approximate surface area is 206 Å². The van der Waals surface area contributed by atoms with Crippen molar-refractivity contribution in [2.75, 3.05) is 13.7 Å². The maximum absolute atomic E-state index is 12.7. The third kappa shape index (κ3) is 6.60. The van der Waals surface area contributed by atoms with Gasteiger partial charge in [0, 0.05) is 25.5 Å². The monoisotopic (exact) mass is 482 g/mol. The number of fused-ring (bicyclic) bond motifs is 3. The second-order valence-corrected chi connectivity index (χ2v) is 8.84. The van der Waals surface area contributed by atoms with Crippen LogP contribution in [0.3, 0.4) is 0 Å². The highest BCUT2D eigenvalue weighted by molar-refractivity contribution is 5.84. The molecule has 0 saturated carbocycles. The number of alkyl carbamates (subject to hydrolysis) is 1. The SMILES string of the molecule is CCCC[C@@H](CC(=O)N[C@H](C(=O)O)[C@@H](C)OC)NC(=O)OCC1c2ccccc2-c2ccccc21. The Morgan fingerprint density at radius 1 is 1.00 bits per heavy atom. The summed E-state index contributed by atoms with van der Waals surface area (Å²) < 4.78 is 10.7. The summed E-state index contributed by atoms with van der Waals surface area (Å²) in [5, 5.41) is 14.7. The summed E-state index contributed by atoms with van der Waals surface area (Å²) in [6, 6.07) is 14.6. The number of benzene rings is 2. The molecule has 0 saturated heterocycles. The zero-order valence-corrected chi connectivity index (χ0v) is 20.5. The van der Waals surface area contributed by atoms with Crippen molar-refractivity contribution in [2.24, 2.45) is 0 Å². The van der Waals surface area contributed by atoms with Crippen molar-refractivity contribution in [3.05, 3.63) is 59.7 Å². The van der Waals surface area contributed by atoms with Crippen molar-refractivity contribution < 1.29 is 29.0 Å². The molecule has 0 aliphatic heterocycles. The minimum absolute atomic E-state index is 0.0512. The predicted octanol–water partition coefficient (Wildman–Crippen LogP) is 4.08. The van der Waals surface area contributed by atoms with Gasteiger partial charge in [-0.15, -0.1) is 0 Å². The van der Waals surface area contributed by atoms with Crippen LogP contribution in [0.4, 0.5) is 4.79 Å². The zero-order valence-electron chi connectivity index (χ0n) is 20.5. The number of methoxy groups -OCH3 is 1. The molecular weight excluding hydrogens is 448 g/mol. The maximum atomic E-state index is 12.7. The van der Waals surface area contributed by atoms with Crippen molar-refractivity contribution in [1.82, 2.24) is 10.6 Å². The molecule has 2 amide bonds. The average Bonchev–Trinajstić information content (AvgIpc) is 3.17. The van der Waals surface area contributed by atoms with E-state index in [0.717, 1.165) is 35.1 Å². The number of rotatable bonds is 12. The molecular formula is C27H34N2O6. The van der Waals surface area contributed by atoms with E-state index in [1.807, 2.05) is 31.2 Å². The normalized spacial score (nSPS) is 14.8. The van der Waals surface area contributed by atoms with Crippen molar-refractivity contribution in [2.45, 2.75) is 63.6 Å². The predicted molar refractivity (Wildman–Crippen MR) is 132 cm³/mol. The summed E-state index contributed by atoms with van der Waals surface area (Å²) in [5.74, 6) is -1.71. The van der Waals surface area contributed by atoms with E-state index >= 15 is 0 Å². The molecule has 8 heteroatoms. The summed E-state index contributed by atoms with van der Waals surface area (Å²) >= 11 is 0. The molecule has 8 nitrogen and oxygen atoms in total. The Bertz CT molecular complexity index is 994. The third-order valence-electron chi connectivity index (χ3n) is 6.43. The van der Waals surface area contributed by atoms with Gasteiger partial charge in [0.1, 0.15) is 6.61 Å². The lowest BCUT2D eigenvalue weighted by Gasteiger charge is -2.23. The molecule has 0 aromatic heterocycles. The van der Waals surface area contributed by atoms with Crippen LogP contribution in [0.1, 0.15) is 56.6 Å². The second-order valence-electron chi connectivity index (χ2n) is 8.84. The van der Waals surface area contributed by atoms with Crippen molar-refractivity contribution >= 4 is 18.0 Å². The van der Waals surface area contributed by atoms with Crippen LogP contribution >= 0.6 is 0 Å². The molecule has 0 spiro atoms. The molecule has 0 bridgehead atoms. The van der Waals surface area contributed by atoms with E-state index in [-0.39, 0.29) is 18.9 Å². The van der Waals surface area contributed by atoms with Gasteiger partial charge < -0.3 is 25.2 Å². The van der Waals surface area contributed by atoms with Crippen LogP contribution in [0.15, 0.2) is 48.5 Å². The first-order valence-electron chi connectivity index (χ1n) is 12.0. The molecule has 1 aliphatic rings. The Kier molecular flexibility index (Phi) is 9.25. The van der Waals surface area contributed by atoms with Crippen LogP contribution in [0.5, 0.6) is 0 Å². The van der Waals surface area contributed by atoms with Gasteiger partial charge in [-0.3, -0.25) is 4.79 Å². The molecule has 0 fully saturated rings. The minimum atomic E-state index is -1.18. The number of amides is 2. The molecule has 3 N–H and O–H groups in total. The minimum Gasteiger partial charge on any atom is -0.480 e. The number of unbranched alkanes of at least 4 members (excludes halogenated alkanes) is 1. The number of nitrogens with one attached hydrogen (secondary N) is 2. The van der Waals surface area contributed by atoms with Crippen molar-refractivity contribution in [1.29, 1.82) is 0 Å². The van der Waals surface area contributed by atoms with Gasteiger partial charge in [0.2, 0.25) is 5.91 Å². The van der Waals surface area contributed by atoms with Gasteiger partial charge in [0.25, 0.3) is 0 Å². The second kappa shape index (κ2) is 12.4. The Hall–Kier alpha value is -3.39. The van der Waals surface area contributed by atoms with Crippen LogP contribution in [0, 0.1) is 0 Å². The van der Waals surface area contributed by atoms with E-state index in [1.54, 1.807) is 6.92 Å². The lowest BCUT2D eigenvalue weighted by Crippen LogP contribution is -2.50. The quantitative estimate of drug-likeness (QED) is 0.420. The summed E-state index contributed by atoms with van der Waals surface area (Å²) in [5.41, 5.74) is 4.53. The van der Waals surface area contributed by atoms with Gasteiger partial charge in [-0.25, -0.2) is 9.59 Å². The molecule has 35 heavy (non-hydrogen) atoms. The van der Waals surface area contributed by atoms with Crippen LogP contribution in [-0.4, -0.2) is 55.0 Å². The Morgan fingerprint density at radius 2 is 1.60 bits per heavy atom. The molecule has 0 unspecified atom stereocenters. The van der Waals surface area contributed by atoms with E-state index in [9.17, 15) is 19.5 Å². The molecule has 188 valence electrons. The molecule has 3 rings (SSSR count). The molecule has 2 aromatic rings. The molecule has 1 aliphatic carbocycles. The zero-order chi connectivity index (χ0) is 25.4. The maximum Gasteiger partial charge on any atom is 0.407 e. The fourth-order valence-electron chi connectivity index (χ4n) is 4.45. The fourth-order valence-corrected chi connectivity index (χ4v) is 4.45. The number of ether oxygens (including phenoxy) is 2. The molecule has 0 radical (unpaired) electrons. The van der Waals surface area contributed by atoms with E-state index < -0.39 is 36.2 Å². The highest BCUT2D eigenvalue weighted by atomic mass is 16.5. The average molecular weight is 483 g/mol. The van der Waals surface area contributed by atoms with Crippen molar-refractivity contribution in [3.8, 4) is 11.1 Å². The van der Waals surface area contributed by atoms with Crippen LogP contribution in [0.25, 0.3) is 11.1 Å². The van der Waals surface area contributed by atoms with Gasteiger partial charge >= 0.3 is 12.1 Å². The summed E-state index contributed by atoms with van der Waals surface area (Å²) in [6.07, 6.45) is 0.929. The molecule has 0 heterocycles. The number of carbonyl (C=O) groups is 3. The van der Waals surface area contributed by atoms with Gasteiger partial charge in [0.05, 0.1) is 6.10 Å². The van der Waals surface area contributed by atoms with Gasteiger partial charge in [0.15, 0.2) is 6.04 Å². The fraction of sp³-hybridized carbons (Fsp3) is 0.444. The number of hydrogen-bond donors (Lipinski definition) is 3. The Morgan fingerprint density at radius 3 is 2.14 bits per heavy atom. The first-order chi connectivity index (χ1) is 16.8. The summed E-state index contributed by atoms with van der Waals surface area (Å²) in [4.78, 5) is 36.7. The smallest absolute Gasteiger partial charge is 0.407 e. The summed E-state index contributed by atoms with van der Waals surface area (Å²) in [7, 11) is 1.38. The van der Waals surface area contributed by atoms with E-state index in [4.69, 9.17) is 9.47 Å². The van der Waals surface area contributed by atoms with Crippen LogP contribution in [0.2, 0.25) is 0 Å². The number of carbonyl (C=O) groups excluding carboxylic acids is 2. The molecule has 3 atom stereocenters. The number of hydrogen-bond acceptors (Lipinski definition) is 5. The lowest BCUT2D eigenvalue weighted by atomic mass is 9.98. The highest BCUT2D eigenvalue weighted by Gasteiger charge is 2.30. The number of carboxylic acid groups (broad SMARTS) is 1. The molecule has 2 aromatic carbocycles. The standard InChI is InChI=1S/C27H34N2O6/c1-4-5-10-18(15-24(30)29-25(26(31)32)17(2)34-3)28-27(33)35-16-23-21-13-8-6-11-19(21)20-12-7-9-14-22(20)23/h6-9,11-14,17-18,23,25H,4-5,10,15-16H2,1-3H3,(H,28,33)(H,29,30)(H,31,32)/t17-,18+,25+/m1/s1. The van der Waals surface area contributed by atoms with Gasteiger partial charge in [-0.05, 0) is 35.6 Å². The van der Waals surface area contributed by atoms with Crippen LogP contribution in [-0.2, 0) is 19.1 Å². The van der Waals surface area contributed by atoms with Crippen molar-refractivity contribution in [3.63, 3.8) is 0 Å². The topological polar surface area (TPSA) is 114 Å². The first-order valence-corrected chi connectivity index (χ1v) is 12.0. The number of carboxylic acids is 1. The largest absolute Gasteiger partial charge is 0.480 e. The lowest BCUT2D eigenvalue weighted by molar-refractivity contribution is -0.145. The van der Waals surface area contributed by atoms with Crippen LogP contribution < -0.4 is 10.6 Å².